The van der Waals surface area contributed by atoms with Crippen LogP contribution in [0.5, 0.6) is 0 Å². The minimum Gasteiger partial charge on any atom is -0.463 e. The van der Waals surface area contributed by atoms with Crippen LogP contribution in [0.1, 0.15) is 6.92 Å². The maximum atomic E-state index is 10.6. The molecule has 0 aromatic carbocycles. The third kappa shape index (κ3) is 33.1. The summed E-state index contributed by atoms with van der Waals surface area (Å²) in [4.78, 5) is 10.6. The van der Waals surface area contributed by atoms with Crippen molar-refractivity contribution in [3.05, 3.63) is 0 Å². The van der Waals surface area contributed by atoms with E-state index in [0.29, 0.717) is 126 Å². The van der Waals surface area contributed by atoms with E-state index >= 15 is 0 Å². The van der Waals surface area contributed by atoms with Gasteiger partial charge in [-0.15, -0.1) is 0 Å². The fourth-order valence-corrected chi connectivity index (χ4v) is 2.25. The molecule has 0 spiro atoms. The van der Waals surface area contributed by atoms with Gasteiger partial charge < -0.3 is 52.1 Å². The van der Waals surface area contributed by atoms with Crippen molar-refractivity contribution in [1.82, 2.24) is 0 Å². The quantitative estimate of drug-likeness (QED) is 0.0972. The molecule has 0 aliphatic carbocycles. The van der Waals surface area contributed by atoms with E-state index in [1.807, 2.05) is 0 Å². The number of methoxy groups -OCH3 is 1. The maximum absolute atomic E-state index is 10.6. The highest BCUT2D eigenvalue weighted by atomic mass is 16.6. The van der Waals surface area contributed by atoms with Crippen LogP contribution >= 0.6 is 0 Å². The fourth-order valence-electron chi connectivity index (χ4n) is 2.25. The Balaban J connectivity index is 3.01. The molecule has 12 heteroatoms. The number of rotatable bonds is 30. The summed E-state index contributed by atoms with van der Waals surface area (Å²) in [5.74, 6) is -0.309. The van der Waals surface area contributed by atoms with E-state index in [4.69, 9.17) is 52.1 Å². The summed E-state index contributed by atoms with van der Waals surface area (Å²) in [6, 6.07) is 0. The first-order valence-electron chi connectivity index (χ1n) is 12.1. The molecule has 0 rings (SSSR count). The van der Waals surface area contributed by atoms with E-state index in [9.17, 15) is 4.79 Å². The van der Waals surface area contributed by atoms with Gasteiger partial charge in [-0.05, 0) is 0 Å². The van der Waals surface area contributed by atoms with E-state index < -0.39 is 0 Å². The second-order valence-electron chi connectivity index (χ2n) is 6.84. The van der Waals surface area contributed by atoms with E-state index in [-0.39, 0.29) is 12.6 Å². The van der Waals surface area contributed by atoms with Gasteiger partial charge in [0.05, 0.1) is 126 Å². The lowest BCUT2D eigenvalue weighted by Crippen LogP contribution is -2.15. The molecule has 0 N–H and O–H groups in total. The highest BCUT2D eigenvalue weighted by Crippen LogP contribution is 1.86. The van der Waals surface area contributed by atoms with Gasteiger partial charge in [-0.2, -0.15) is 0 Å². The van der Waals surface area contributed by atoms with Crippen LogP contribution in [0.4, 0.5) is 0 Å². The minimum absolute atomic E-state index is 0.262. The summed E-state index contributed by atoms with van der Waals surface area (Å²) in [6.45, 7) is 11.3. The van der Waals surface area contributed by atoms with Gasteiger partial charge in [0.1, 0.15) is 6.61 Å². The van der Waals surface area contributed by atoms with Gasteiger partial charge in [0.25, 0.3) is 0 Å². The van der Waals surface area contributed by atoms with E-state index in [2.05, 4.69) is 0 Å². The largest absolute Gasteiger partial charge is 0.463 e. The molecule has 0 aliphatic heterocycles. The number of carbonyl (C=O) groups excluding carboxylic acids is 1. The Labute approximate surface area is 209 Å². The Morgan fingerprint density at radius 2 is 0.571 bits per heavy atom. The molecule has 0 aliphatic rings. The molecule has 0 aromatic rings. The minimum atomic E-state index is -0.309. The third-order valence-corrected chi connectivity index (χ3v) is 3.94. The molecule has 0 fully saturated rings. The molecule has 0 amide bonds. The average molecular weight is 515 g/mol. The Morgan fingerprint density at radius 1 is 0.371 bits per heavy atom. The molecule has 0 atom stereocenters. The van der Waals surface area contributed by atoms with Crippen molar-refractivity contribution in [3.63, 3.8) is 0 Å². The van der Waals surface area contributed by atoms with Gasteiger partial charge in [0.15, 0.2) is 0 Å². The van der Waals surface area contributed by atoms with Crippen LogP contribution in [0.15, 0.2) is 0 Å². The zero-order valence-electron chi connectivity index (χ0n) is 21.5. The summed E-state index contributed by atoms with van der Waals surface area (Å²) in [6.07, 6.45) is 0. The summed E-state index contributed by atoms with van der Waals surface area (Å²) >= 11 is 0. The van der Waals surface area contributed by atoms with Gasteiger partial charge in [-0.1, -0.05) is 0 Å². The second-order valence-corrected chi connectivity index (χ2v) is 6.84. The van der Waals surface area contributed by atoms with E-state index in [1.165, 1.54) is 6.92 Å². The van der Waals surface area contributed by atoms with Gasteiger partial charge in [-0.3, -0.25) is 4.79 Å². The number of esters is 1. The van der Waals surface area contributed by atoms with Crippen molar-refractivity contribution < 1.29 is 56.9 Å². The van der Waals surface area contributed by atoms with Crippen LogP contribution in [0.3, 0.4) is 0 Å². The van der Waals surface area contributed by atoms with Gasteiger partial charge >= 0.3 is 5.97 Å². The predicted octanol–water partition coefficient (Wildman–Crippen LogP) is 0.345. The van der Waals surface area contributed by atoms with Crippen LogP contribution in [-0.4, -0.2) is 145 Å². The zero-order valence-corrected chi connectivity index (χ0v) is 21.5. The van der Waals surface area contributed by atoms with Crippen molar-refractivity contribution in [3.8, 4) is 0 Å². The molecular formula is C23H46O12. The van der Waals surface area contributed by atoms with Gasteiger partial charge in [0, 0.05) is 14.0 Å². The average Bonchev–Trinajstić information content (AvgIpc) is 2.85. The van der Waals surface area contributed by atoms with Crippen LogP contribution < -0.4 is 0 Å². The molecule has 0 unspecified atom stereocenters. The Bertz CT molecular complexity index is 414. The van der Waals surface area contributed by atoms with Crippen LogP contribution in [0.25, 0.3) is 0 Å². The topological polar surface area (TPSA) is 119 Å². The van der Waals surface area contributed by atoms with Crippen LogP contribution in [0.2, 0.25) is 0 Å². The first-order chi connectivity index (χ1) is 17.3. The Kier molecular flexibility index (Phi) is 30.3. The van der Waals surface area contributed by atoms with Gasteiger partial charge in [-0.25, -0.2) is 0 Å². The van der Waals surface area contributed by atoms with Crippen molar-refractivity contribution in [1.29, 1.82) is 0 Å². The highest BCUT2D eigenvalue weighted by molar-refractivity contribution is 5.65. The van der Waals surface area contributed by atoms with Crippen molar-refractivity contribution in [2.75, 3.05) is 139 Å². The summed E-state index contributed by atoms with van der Waals surface area (Å²) in [7, 11) is 1.64. The Morgan fingerprint density at radius 3 is 0.771 bits per heavy atom. The fraction of sp³-hybridized carbons (Fsp3) is 0.957. The Hall–Kier alpha value is -0.930. The molecule has 0 saturated carbocycles. The number of ether oxygens (including phenoxy) is 11. The van der Waals surface area contributed by atoms with Crippen molar-refractivity contribution >= 4 is 5.97 Å². The van der Waals surface area contributed by atoms with Crippen molar-refractivity contribution in [2.45, 2.75) is 6.92 Å². The predicted molar refractivity (Wildman–Crippen MR) is 126 cm³/mol. The summed E-state index contributed by atoms with van der Waals surface area (Å²) in [5, 5.41) is 0. The lowest BCUT2D eigenvalue weighted by Gasteiger charge is -2.09. The lowest BCUT2D eigenvalue weighted by molar-refractivity contribution is -0.142. The molecule has 0 bridgehead atoms. The summed E-state index contributed by atoms with van der Waals surface area (Å²) < 4.78 is 58.0. The van der Waals surface area contributed by atoms with Crippen molar-refractivity contribution in [2.24, 2.45) is 0 Å². The molecule has 0 aromatic heterocycles. The third-order valence-electron chi connectivity index (χ3n) is 3.94. The van der Waals surface area contributed by atoms with Crippen LogP contribution in [-0.2, 0) is 56.9 Å². The number of hydrogen-bond acceptors (Lipinski definition) is 12. The second kappa shape index (κ2) is 31.1. The number of hydrogen-bond donors (Lipinski definition) is 0. The summed E-state index contributed by atoms with van der Waals surface area (Å²) in [5.41, 5.74) is 0. The standard InChI is InChI=1S/C23H46O12/c1-23(24)35-22-21-34-20-19-33-18-17-32-16-15-31-14-13-30-12-11-29-10-9-28-8-7-27-6-5-26-4-3-25-2/h3-22H2,1-2H3. The molecule has 12 nitrogen and oxygen atoms in total. The molecule has 210 valence electrons. The maximum Gasteiger partial charge on any atom is 0.302 e. The SMILES string of the molecule is COCCOCCOCCOCCOCCOCCOCCOCCOCCOCCOC(C)=O. The lowest BCUT2D eigenvalue weighted by atomic mass is 10.6. The van der Waals surface area contributed by atoms with Crippen LogP contribution in [0, 0.1) is 0 Å². The molecule has 0 radical (unpaired) electrons. The number of carbonyl (C=O) groups is 1. The zero-order chi connectivity index (χ0) is 25.5. The van der Waals surface area contributed by atoms with E-state index in [1.54, 1.807) is 7.11 Å². The molecule has 35 heavy (non-hydrogen) atoms. The normalized spacial score (nSPS) is 11.3. The molecular weight excluding hydrogens is 468 g/mol. The monoisotopic (exact) mass is 514 g/mol. The van der Waals surface area contributed by atoms with Gasteiger partial charge in [0.2, 0.25) is 0 Å². The first-order valence-corrected chi connectivity index (χ1v) is 12.1. The molecule has 0 heterocycles. The highest BCUT2D eigenvalue weighted by Gasteiger charge is 1.96. The van der Waals surface area contributed by atoms with E-state index in [0.717, 1.165) is 0 Å². The smallest absolute Gasteiger partial charge is 0.302 e. The molecule has 0 saturated heterocycles. The first kappa shape index (κ1) is 34.1.